The number of carbonyl (C=O) groups is 2. The number of anilines is 1. The van der Waals surface area contributed by atoms with Gasteiger partial charge in [-0.15, -0.1) is 0 Å². The maximum atomic E-state index is 14.1. The lowest BCUT2D eigenvalue weighted by atomic mass is 9.99. The summed E-state index contributed by atoms with van der Waals surface area (Å²) < 4.78 is 32.6. The third-order valence-electron chi connectivity index (χ3n) is 6.96. The quantitative estimate of drug-likeness (QED) is 0.261. The molecule has 0 radical (unpaired) electrons. The highest BCUT2D eigenvalue weighted by Crippen LogP contribution is 2.30. The monoisotopic (exact) mass is 607 g/mol. The van der Waals surface area contributed by atoms with Crippen LogP contribution in [-0.4, -0.2) is 56.1 Å². The molecule has 9 heteroatoms. The fourth-order valence-corrected chi connectivity index (χ4v) is 5.87. The van der Waals surface area contributed by atoms with Crippen molar-refractivity contribution in [3.63, 3.8) is 0 Å². The van der Waals surface area contributed by atoms with Gasteiger partial charge in [0.15, 0.2) is 0 Å². The molecule has 3 aromatic rings. The summed E-state index contributed by atoms with van der Waals surface area (Å²) in [7, 11) is -3.66. The molecule has 0 aliphatic heterocycles. The summed E-state index contributed by atoms with van der Waals surface area (Å²) in [5, 5.41) is 3.07. The number of amides is 2. The first kappa shape index (κ1) is 33.6. The van der Waals surface area contributed by atoms with Crippen LogP contribution in [0.15, 0.2) is 78.9 Å². The van der Waals surface area contributed by atoms with Crippen molar-refractivity contribution in [2.24, 2.45) is 0 Å². The van der Waals surface area contributed by atoms with Crippen molar-refractivity contribution in [2.75, 3.05) is 23.7 Å². The maximum Gasteiger partial charge on any atom is 0.243 e. The van der Waals surface area contributed by atoms with Crippen molar-refractivity contribution in [1.82, 2.24) is 10.2 Å². The Morgan fingerprint density at radius 2 is 1.56 bits per heavy atom. The van der Waals surface area contributed by atoms with Gasteiger partial charge < -0.3 is 15.0 Å². The molecule has 0 unspecified atom stereocenters. The summed E-state index contributed by atoms with van der Waals surface area (Å²) in [6.45, 7) is 10.3. The lowest BCUT2D eigenvalue weighted by Crippen LogP contribution is -2.54. The van der Waals surface area contributed by atoms with E-state index in [1.165, 1.54) is 4.31 Å². The summed E-state index contributed by atoms with van der Waals surface area (Å²) in [5.74, 6) is 0.00573. The van der Waals surface area contributed by atoms with Gasteiger partial charge in [0.2, 0.25) is 21.8 Å². The Labute approximate surface area is 257 Å². The van der Waals surface area contributed by atoms with Crippen LogP contribution < -0.4 is 14.4 Å². The van der Waals surface area contributed by atoms with Crippen molar-refractivity contribution in [2.45, 2.75) is 72.0 Å². The van der Waals surface area contributed by atoms with Crippen LogP contribution in [0.2, 0.25) is 0 Å². The fourth-order valence-electron chi connectivity index (χ4n) is 4.90. The highest BCUT2D eigenvalue weighted by atomic mass is 32.2. The van der Waals surface area contributed by atoms with Crippen molar-refractivity contribution >= 4 is 27.5 Å². The number of sulfonamides is 1. The van der Waals surface area contributed by atoms with Crippen LogP contribution in [-0.2, 0) is 32.6 Å². The normalized spacial score (nSPS) is 12.3. The lowest BCUT2D eigenvalue weighted by Gasteiger charge is -2.34. The van der Waals surface area contributed by atoms with E-state index < -0.39 is 21.6 Å². The van der Waals surface area contributed by atoms with Crippen molar-refractivity contribution < 1.29 is 22.7 Å². The number of nitrogens with zero attached hydrogens (tertiary/aromatic N) is 2. The zero-order valence-corrected chi connectivity index (χ0v) is 27.0. The van der Waals surface area contributed by atoms with Gasteiger partial charge in [0.1, 0.15) is 11.8 Å². The van der Waals surface area contributed by atoms with Gasteiger partial charge in [0, 0.05) is 31.5 Å². The number of carbonyl (C=O) groups excluding carboxylic acids is 2. The Hall–Kier alpha value is -3.85. The van der Waals surface area contributed by atoms with Crippen LogP contribution in [0.25, 0.3) is 0 Å². The molecule has 0 aliphatic carbocycles. The van der Waals surface area contributed by atoms with Gasteiger partial charge in [-0.05, 0) is 69.9 Å². The van der Waals surface area contributed by atoms with Crippen LogP contribution in [0.4, 0.5) is 5.69 Å². The maximum absolute atomic E-state index is 14.1. The zero-order valence-electron chi connectivity index (χ0n) is 26.2. The molecule has 0 spiro atoms. The van der Waals surface area contributed by atoms with E-state index in [2.05, 4.69) is 5.32 Å². The van der Waals surface area contributed by atoms with Gasteiger partial charge in [0.25, 0.3) is 0 Å². The molecule has 3 rings (SSSR count). The van der Waals surface area contributed by atoms with E-state index in [-0.39, 0.29) is 37.7 Å². The van der Waals surface area contributed by atoms with Crippen LogP contribution >= 0.6 is 0 Å². The molecule has 0 bridgehead atoms. The van der Waals surface area contributed by atoms with Crippen LogP contribution in [0.5, 0.6) is 5.75 Å². The molecule has 0 aromatic heterocycles. The summed E-state index contributed by atoms with van der Waals surface area (Å²) in [6, 6.07) is 23.7. The van der Waals surface area contributed by atoms with Gasteiger partial charge in [-0.3, -0.25) is 13.9 Å². The van der Waals surface area contributed by atoms with Gasteiger partial charge in [-0.1, -0.05) is 66.7 Å². The predicted molar refractivity (Wildman–Crippen MR) is 173 cm³/mol. The van der Waals surface area contributed by atoms with E-state index in [1.54, 1.807) is 29.2 Å². The molecule has 0 saturated heterocycles. The number of para-hydroxylation sites is 2. The molecular formula is C34H45N3O5S. The van der Waals surface area contributed by atoms with E-state index in [1.807, 2.05) is 89.2 Å². The average molecular weight is 608 g/mol. The molecule has 0 heterocycles. The van der Waals surface area contributed by atoms with Gasteiger partial charge >= 0.3 is 0 Å². The molecule has 232 valence electrons. The van der Waals surface area contributed by atoms with E-state index >= 15 is 0 Å². The van der Waals surface area contributed by atoms with Crippen LogP contribution in [0.3, 0.4) is 0 Å². The minimum absolute atomic E-state index is 0.0583. The smallest absolute Gasteiger partial charge is 0.243 e. The molecule has 0 fully saturated rings. The summed E-state index contributed by atoms with van der Waals surface area (Å²) >= 11 is 0. The number of rotatable bonds is 14. The van der Waals surface area contributed by atoms with Crippen LogP contribution in [0, 0.1) is 6.92 Å². The third-order valence-corrected chi connectivity index (χ3v) is 8.14. The topological polar surface area (TPSA) is 96.0 Å². The summed E-state index contributed by atoms with van der Waals surface area (Å²) in [4.78, 5) is 29.5. The molecule has 1 N–H and O–H groups in total. The molecule has 2 amide bonds. The highest BCUT2D eigenvalue weighted by Gasteiger charge is 2.32. The third kappa shape index (κ3) is 10.1. The van der Waals surface area contributed by atoms with E-state index in [0.717, 1.165) is 22.9 Å². The van der Waals surface area contributed by atoms with Crippen molar-refractivity contribution in [3.8, 4) is 5.75 Å². The number of aryl methyl sites for hydroxylation is 1. The summed E-state index contributed by atoms with van der Waals surface area (Å²) in [6.07, 6.45) is 1.81. The second-order valence-corrected chi connectivity index (χ2v) is 13.6. The Morgan fingerprint density at radius 3 is 2.19 bits per heavy atom. The highest BCUT2D eigenvalue weighted by molar-refractivity contribution is 7.92. The average Bonchev–Trinajstić information content (AvgIpc) is 2.93. The summed E-state index contributed by atoms with van der Waals surface area (Å²) in [5.41, 5.74) is 2.84. The SMILES string of the molecule is CCOc1ccccc1N(CCCC(=O)N(Cc1ccccc1C)[C@H](Cc1ccccc1)C(=O)NC(C)(C)C)S(C)(=O)=O. The number of hydrogen-bond donors (Lipinski definition) is 1. The molecule has 0 saturated carbocycles. The number of nitrogens with one attached hydrogen (secondary N) is 1. The van der Waals surface area contributed by atoms with Crippen molar-refractivity contribution in [1.29, 1.82) is 0 Å². The Bertz CT molecular complexity index is 1470. The number of benzene rings is 3. The Morgan fingerprint density at radius 1 is 0.930 bits per heavy atom. The van der Waals surface area contributed by atoms with Crippen LogP contribution in [0.1, 0.15) is 57.2 Å². The zero-order chi connectivity index (χ0) is 31.6. The molecule has 3 aromatic carbocycles. The lowest BCUT2D eigenvalue weighted by molar-refractivity contribution is -0.142. The van der Waals surface area contributed by atoms with Gasteiger partial charge in [0.05, 0.1) is 18.6 Å². The number of hydrogen-bond acceptors (Lipinski definition) is 5. The largest absolute Gasteiger partial charge is 0.492 e. The van der Waals surface area contributed by atoms with E-state index in [9.17, 15) is 18.0 Å². The second-order valence-electron chi connectivity index (χ2n) is 11.7. The number of ether oxygens (including phenoxy) is 1. The Balaban J connectivity index is 1.93. The first-order chi connectivity index (χ1) is 20.3. The predicted octanol–water partition coefficient (Wildman–Crippen LogP) is 5.49. The van der Waals surface area contributed by atoms with Gasteiger partial charge in [-0.25, -0.2) is 8.42 Å². The van der Waals surface area contributed by atoms with E-state index in [4.69, 9.17) is 4.74 Å². The fraction of sp³-hybridized carbons (Fsp3) is 0.412. The molecule has 8 nitrogen and oxygen atoms in total. The molecule has 0 aliphatic rings. The minimum Gasteiger partial charge on any atom is -0.492 e. The molecular weight excluding hydrogens is 562 g/mol. The van der Waals surface area contributed by atoms with Crippen molar-refractivity contribution in [3.05, 3.63) is 95.6 Å². The standard InChI is InChI=1S/C34H45N3O5S/c1-7-42-31-21-14-13-20-29(31)37(43(6,40)41)23-15-22-32(38)36(25-28-19-12-11-16-26(28)2)30(33(39)35-34(3,4)5)24-27-17-9-8-10-18-27/h8-14,16-21,30H,7,15,22-25H2,1-6H3,(H,35,39)/t30-/m1/s1. The van der Waals surface area contributed by atoms with Gasteiger partial charge in [-0.2, -0.15) is 0 Å². The molecule has 43 heavy (non-hydrogen) atoms. The van der Waals surface area contributed by atoms with E-state index in [0.29, 0.717) is 24.5 Å². The minimum atomic E-state index is -3.66. The first-order valence-electron chi connectivity index (χ1n) is 14.7. The first-order valence-corrected chi connectivity index (χ1v) is 16.5. The molecule has 1 atom stereocenters. The second kappa shape index (κ2) is 15.0. The Kier molecular flexibility index (Phi) is 11.8.